The highest BCUT2D eigenvalue weighted by molar-refractivity contribution is 7.99. The van der Waals surface area contributed by atoms with Crippen molar-refractivity contribution in [3.05, 3.63) is 17.9 Å². The second kappa shape index (κ2) is 5.70. The summed E-state index contributed by atoms with van der Waals surface area (Å²) in [4.78, 5) is 16.3. The van der Waals surface area contributed by atoms with Crippen LogP contribution in [0.5, 0.6) is 0 Å². The molecule has 1 saturated heterocycles. The number of rotatable bonds is 3. The number of nitrogens with zero attached hydrogens (tertiary/aromatic N) is 6. The van der Waals surface area contributed by atoms with E-state index in [-0.39, 0.29) is 5.28 Å². The van der Waals surface area contributed by atoms with E-state index in [1.807, 2.05) is 11.8 Å². The van der Waals surface area contributed by atoms with Crippen molar-refractivity contribution in [3.63, 3.8) is 0 Å². The Morgan fingerprint density at radius 2 is 2.11 bits per heavy atom. The topological polar surface area (TPSA) is 81.4 Å². The van der Waals surface area contributed by atoms with Gasteiger partial charge in [0, 0.05) is 6.04 Å². The Morgan fingerprint density at radius 3 is 2.84 bits per heavy atom. The molecule has 2 aromatic rings. The molecule has 1 fully saturated rings. The average Bonchev–Trinajstić information content (AvgIpc) is 2.93. The van der Waals surface area contributed by atoms with Crippen LogP contribution in [-0.2, 0) is 0 Å². The molecule has 0 saturated carbocycles. The van der Waals surface area contributed by atoms with Crippen LogP contribution >= 0.6 is 23.4 Å². The van der Waals surface area contributed by atoms with E-state index in [0.29, 0.717) is 17.9 Å². The first-order valence-corrected chi connectivity index (χ1v) is 7.45. The molecule has 7 nitrogen and oxygen atoms in total. The van der Waals surface area contributed by atoms with Gasteiger partial charge in [0.2, 0.25) is 11.2 Å². The van der Waals surface area contributed by atoms with Crippen molar-refractivity contribution in [2.45, 2.75) is 18.9 Å². The van der Waals surface area contributed by atoms with E-state index in [1.54, 1.807) is 0 Å². The van der Waals surface area contributed by atoms with E-state index in [1.165, 1.54) is 17.3 Å². The Labute approximate surface area is 119 Å². The lowest BCUT2D eigenvalue weighted by atomic mass is 10.2. The van der Waals surface area contributed by atoms with Gasteiger partial charge in [0.05, 0.1) is 0 Å². The number of hydrogen-bond donors (Lipinski definition) is 1. The number of anilines is 1. The quantitative estimate of drug-likeness (QED) is 0.917. The molecule has 0 aromatic carbocycles. The Hall–Kier alpha value is -1.41. The minimum absolute atomic E-state index is 0.146. The molecule has 2 aromatic heterocycles. The van der Waals surface area contributed by atoms with Crippen molar-refractivity contribution >= 4 is 29.3 Å². The fraction of sp³-hybridized carbons (Fsp3) is 0.500. The Balaban J connectivity index is 1.81. The minimum atomic E-state index is 0.146. The monoisotopic (exact) mass is 297 g/mol. The van der Waals surface area contributed by atoms with Crippen LogP contribution in [0.3, 0.4) is 0 Å². The molecule has 0 spiro atoms. The first-order valence-electron chi connectivity index (χ1n) is 5.92. The molecular formula is C10H12ClN7S. The smallest absolute Gasteiger partial charge is 0.258 e. The molecule has 9 heteroatoms. The molecule has 0 aliphatic carbocycles. The van der Waals surface area contributed by atoms with E-state index in [0.717, 1.165) is 24.3 Å². The first kappa shape index (κ1) is 12.6. The van der Waals surface area contributed by atoms with E-state index in [2.05, 4.69) is 30.4 Å². The summed E-state index contributed by atoms with van der Waals surface area (Å²) in [7, 11) is 0. The maximum atomic E-state index is 5.92. The molecule has 1 N–H and O–H groups in total. The van der Waals surface area contributed by atoms with Crippen molar-refractivity contribution in [1.82, 2.24) is 29.7 Å². The van der Waals surface area contributed by atoms with E-state index >= 15 is 0 Å². The van der Waals surface area contributed by atoms with E-state index in [9.17, 15) is 0 Å². The summed E-state index contributed by atoms with van der Waals surface area (Å²) in [6.45, 7) is 0. The molecule has 0 radical (unpaired) electrons. The number of hydrogen-bond acceptors (Lipinski definition) is 7. The van der Waals surface area contributed by atoms with Crippen LogP contribution in [-0.4, -0.2) is 47.3 Å². The average molecular weight is 298 g/mol. The summed E-state index contributed by atoms with van der Waals surface area (Å²) in [5, 5.41) is 7.43. The lowest BCUT2D eigenvalue weighted by Gasteiger charge is -2.22. The second-order valence-corrected chi connectivity index (χ2v) is 5.66. The van der Waals surface area contributed by atoms with Gasteiger partial charge in [-0.05, 0) is 35.9 Å². The van der Waals surface area contributed by atoms with Crippen LogP contribution in [0.1, 0.15) is 12.8 Å². The molecule has 3 rings (SSSR count). The SMILES string of the molecule is Clc1nc(NC2CCSCC2)nc(-n2cncn2)n1. The second-order valence-electron chi connectivity index (χ2n) is 4.10. The van der Waals surface area contributed by atoms with Crippen LogP contribution < -0.4 is 5.32 Å². The third kappa shape index (κ3) is 3.13. The summed E-state index contributed by atoms with van der Waals surface area (Å²) >= 11 is 7.89. The van der Waals surface area contributed by atoms with Gasteiger partial charge in [0.1, 0.15) is 12.7 Å². The lowest BCUT2D eigenvalue weighted by molar-refractivity contribution is 0.657. The first-order chi connectivity index (χ1) is 9.31. The van der Waals surface area contributed by atoms with Gasteiger partial charge in [-0.1, -0.05) is 0 Å². The van der Waals surface area contributed by atoms with Crippen LogP contribution in [0.25, 0.3) is 5.95 Å². The molecule has 100 valence electrons. The fourth-order valence-corrected chi connectivity index (χ4v) is 3.10. The zero-order valence-corrected chi connectivity index (χ0v) is 11.6. The molecule has 0 atom stereocenters. The minimum Gasteiger partial charge on any atom is -0.351 e. The van der Waals surface area contributed by atoms with Gasteiger partial charge in [-0.25, -0.2) is 4.98 Å². The summed E-state index contributed by atoms with van der Waals surface area (Å²) in [5.41, 5.74) is 0. The molecule has 0 unspecified atom stereocenters. The van der Waals surface area contributed by atoms with E-state index < -0.39 is 0 Å². The van der Waals surface area contributed by atoms with Gasteiger partial charge in [-0.3, -0.25) is 0 Å². The summed E-state index contributed by atoms with van der Waals surface area (Å²) in [6.07, 6.45) is 5.15. The molecule has 0 bridgehead atoms. The Bertz CT molecular complexity index is 541. The predicted molar refractivity (Wildman–Crippen MR) is 73.7 cm³/mol. The van der Waals surface area contributed by atoms with E-state index in [4.69, 9.17) is 11.6 Å². The Morgan fingerprint density at radius 1 is 1.26 bits per heavy atom. The van der Waals surface area contributed by atoms with Gasteiger partial charge in [0.25, 0.3) is 5.95 Å². The van der Waals surface area contributed by atoms with Gasteiger partial charge in [0.15, 0.2) is 0 Å². The normalized spacial score (nSPS) is 16.5. The highest BCUT2D eigenvalue weighted by atomic mass is 35.5. The summed E-state index contributed by atoms with van der Waals surface area (Å²) < 4.78 is 1.45. The number of nitrogens with one attached hydrogen (secondary N) is 1. The van der Waals surface area contributed by atoms with Gasteiger partial charge >= 0.3 is 0 Å². The third-order valence-electron chi connectivity index (χ3n) is 2.77. The number of thioether (sulfide) groups is 1. The van der Waals surface area contributed by atoms with Crippen LogP contribution in [0.15, 0.2) is 12.7 Å². The standard InChI is InChI=1S/C10H12ClN7S/c11-8-15-9(14-7-1-3-19-4-2-7)17-10(16-8)18-6-12-5-13-18/h5-7H,1-4H2,(H,14,15,16,17). The van der Waals surface area contributed by atoms with Gasteiger partial charge in [-0.15, -0.1) is 0 Å². The van der Waals surface area contributed by atoms with Crippen molar-refractivity contribution in [3.8, 4) is 5.95 Å². The van der Waals surface area contributed by atoms with Crippen LogP contribution in [0.2, 0.25) is 5.28 Å². The Kier molecular flexibility index (Phi) is 3.79. The van der Waals surface area contributed by atoms with Crippen LogP contribution in [0, 0.1) is 0 Å². The number of halogens is 1. The zero-order valence-electron chi connectivity index (χ0n) is 10.0. The maximum absolute atomic E-state index is 5.92. The largest absolute Gasteiger partial charge is 0.351 e. The zero-order chi connectivity index (χ0) is 13.1. The van der Waals surface area contributed by atoms with Gasteiger partial charge in [-0.2, -0.15) is 36.5 Å². The molecule has 1 aliphatic rings. The summed E-state index contributed by atoms with van der Waals surface area (Å²) in [6, 6.07) is 0.392. The predicted octanol–water partition coefficient (Wildman–Crippen LogP) is 1.41. The van der Waals surface area contributed by atoms with Crippen molar-refractivity contribution in [1.29, 1.82) is 0 Å². The highest BCUT2D eigenvalue weighted by Crippen LogP contribution is 2.20. The maximum Gasteiger partial charge on any atom is 0.258 e. The van der Waals surface area contributed by atoms with Crippen LogP contribution in [0.4, 0.5) is 5.95 Å². The van der Waals surface area contributed by atoms with Crippen molar-refractivity contribution < 1.29 is 0 Å². The molecule has 3 heterocycles. The molecule has 0 amide bonds. The molecular weight excluding hydrogens is 286 g/mol. The highest BCUT2D eigenvalue weighted by Gasteiger charge is 2.16. The molecule has 1 aliphatic heterocycles. The van der Waals surface area contributed by atoms with Crippen molar-refractivity contribution in [2.75, 3.05) is 16.8 Å². The van der Waals surface area contributed by atoms with Gasteiger partial charge < -0.3 is 5.32 Å². The lowest BCUT2D eigenvalue weighted by Crippen LogP contribution is -2.26. The van der Waals surface area contributed by atoms with Crippen molar-refractivity contribution in [2.24, 2.45) is 0 Å². The number of aromatic nitrogens is 6. The summed E-state index contributed by atoms with van der Waals surface area (Å²) in [5.74, 6) is 3.17. The third-order valence-corrected chi connectivity index (χ3v) is 3.99. The fourth-order valence-electron chi connectivity index (χ4n) is 1.84. The molecule has 19 heavy (non-hydrogen) atoms.